The van der Waals surface area contributed by atoms with Gasteiger partial charge in [0.2, 0.25) is 0 Å². The molecular formula is C17H29N5. The van der Waals surface area contributed by atoms with Gasteiger partial charge in [0, 0.05) is 50.6 Å². The number of nitrogens with zero attached hydrogens (tertiary/aromatic N) is 4. The van der Waals surface area contributed by atoms with E-state index in [4.69, 9.17) is 0 Å². The number of fused-ring (bicyclic) bond motifs is 1. The van der Waals surface area contributed by atoms with Crippen LogP contribution in [0.2, 0.25) is 0 Å². The van der Waals surface area contributed by atoms with E-state index in [0.717, 1.165) is 38.0 Å². The molecule has 0 spiro atoms. The molecule has 122 valence electrons. The first-order chi connectivity index (χ1) is 10.8. The van der Waals surface area contributed by atoms with Crippen LogP contribution in [-0.4, -0.2) is 50.9 Å². The second-order valence-electron chi connectivity index (χ2n) is 7.41. The molecule has 5 nitrogen and oxygen atoms in total. The summed E-state index contributed by atoms with van der Waals surface area (Å²) in [5.41, 5.74) is 0. The van der Waals surface area contributed by atoms with E-state index >= 15 is 0 Å². The fourth-order valence-electron chi connectivity index (χ4n) is 4.24. The summed E-state index contributed by atoms with van der Waals surface area (Å²) in [6.07, 6.45) is 10.1. The average Bonchev–Trinajstić information content (AvgIpc) is 3.25. The van der Waals surface area contributed by atoms with Gasteiger partial charge in [-0.15, -0.1) is 10.2 Å². The van der Waals surface area contributed by atoms with Crippen molar-refractivity contribution in [3.63, 3.8) is 0 Å². The minimum atomic E-state index is 0.669. The van der Waals surface area contributed by atoms with Crippen molar-refractivity contribution in [2.75, 3.05) is 13.1 Å². The van der Waals surface area contributed by atoms with Crippen LogP contribution in [0, 0.1) is 0 Å². The zero-order valence-corrected chi connectivity index (χ0v) is 13.8. The van der Waals surface area contributed by atoms with Crippen molar-refractivity contribution in [3.05, 3.63) is 11.6 Å². The molecule has 1 aromatic rings. The summed E-state index contributed by atoms with van der Waals surface area (Å²) in [5.74, 6) is 2.40. The highest BCUT2D eigenvalue weighted by atomic mass is 15.3. The van der Waals surface area contributed by atoms with Gasteiger partial charge in [-0.1, -0.05) is 6.42 Å². The molecule has 1 aliphatic carbocycles. The van der Waals surface area contributed by atoms with Gasteiger partial charge in [0.25, 0.3) is 0 Å². The second-order valence-corrected chi connectivity index (χ2v) is 7.41. The average molecular weight is 303 g/mol. The van der Waals surface area contributed by atoms with E-state index in [2.05, 4.69) is 31.9 Å². The minimum absolute atomic E-state index is 0.669. The van der Waals surface area contributed by atoms with Crippen molar-refractivity contribution in [2.45, 2.75) is 83.0 Å². The highest BCUT2D eigenvalue weighted by Crippen LogP contribution is 2.33. The second kappa shape index (κ2) is 6.28. The summed E-state index contributed by atoms with van der Waals surface area (Å²) in [4.78, 5) is 2.71. The van der Waals surface area contributed by atoms with E-state index in [1.807, 2.05) is 0 Å². The van der Waals surface area contributed by atoms with Crippen LogP contribution in [-0.2, 0) is 19.4 Å². The van der Waals surface area contributed by atoms with Gasteiger partial charge >= 0.3 is 0 Å². The van der Waals surface area contributed by atoms with Crippen molar-refractivity contribution in [2.24, 2.45) is 0 Å². The Bertz CT molecular complexity index is 507. The van der Waals surface area contributed by atoms with Crippen LogP contribution in [0.5, 0.6) is 0 Å². The zero-order valence-electron chi connectivity index (χ0n) is 13.8. The Morgan fingerprint density at radius 1 is 1.18 bits per heavy atom. The Kier molecular flexibility index (Phi) is 4.18. The van der Waals surface area contributed by atoms with Gasteiger partial charge in [0.05, 0.1) is 0 Å². The van der Waals surface area contributed by atoms with E-state index < -0.39 is 0 Å². The fourth-order valence-corrected chi connectivity index (χ4v) is 4.24. The molecule has 0 amide bonds. The fraction of sp³-hybridized carbons (Fsp3) is 0.882. The molecular weight excluding hydrogens is 274 g/mol. The number of hydrogen-bond acceptors (Lipinski definition) is 4. The van der Waals surface area contributed by atoms with E-state index in [1.54, 1.807) is 0 Å². The molecule has 2 atom stereocenters. The van der Waals surface area contributed by atoms with Gasteiger partial charge in [-0.25, -0.2) is 0 Å². The maximum absolute atomic E-state index is 4.43. The molecule has 0 aromatic carbocycles. The molecule has 2 fully saturated rings. The van der Waals surface area contributed by atoms with Gasteiger partial charge in [-0.3, -0.25) is 4.90 Å². The molecule has 1 saturated carbocycles. The lowest BCUT2D eigenvalue weighted by Gasteiger charge is -2.19. The van der Waals surface area contributed by atoms with E-state index in [9.17, 15) is 0 Å². The van der Waals surface area contributed by atoms with Gasteiger partial charge < -0.3 is 9.88 Å². The minimum Gasteiger partial charge on any atom is -0.315 e. The molecule has 4 rings (SSSR count). The molecule has 3 aliphatic rings. The molecule has 0 radical (unpaired) electrons. The molecule has 5 heteroatoms. The first-order valence-corrected chi connectivity index (χ1v) is 9.21. The molecule has 1 N–H and O–H groups in total. The zero-order chi connectivity index (χ0) is 14.9. The first kappa shape index (κ1) is 14.6. The van der Waals surface area contributed by atoms with E-state index in [1.165, 1.54) is 56.7 Å². The van der Waals surface area contributed by atoms with Gasteiger partial charge in [-0.05, 0) is 39.0 Å². The van der Waals surface area contributed by atoms with Crippen molar-refractivity contribution < 1.29 is 0 Å². The first-order valence-electron chi connectivity index (χ1n) is 9.21. The maximum atomic E-state index is 4.43. The summed E-state index contributed by atoms with van der Waals surface area (Å²) in [5, 5.41) is 12.6. The van der Waals surface area contributed by atoms with Crippen molar-refractivity contribution in [3.8, 4) is 0 Å². The van der Waals surface area contributed by atoms with E-state index in [0.29, 0.717) is 6.04 Å². The van der Waals surface area contributed by atoms with Crippen molar-refractivity contribution in [1.29, 1.82) is 0 Å². The summed E-state index contributed by atoms with van der Waals surface area (Å²) < 4.78 is 2.38. The lowest BCUT2D eigenvalue weighted by atomic mass is 10.2. The SMILES string of the molecule is C[C@H]1C[C@@H](NCCc2nnc3n2CCCCC3)CN1C1CC1. The molecule has 1 aromatic heterocycles. The topological polar surface area (TPSA) is 46.0 Å². The molecule has 3 heterocycles. The van der Waals surface area contributed by atoms with Crippen molar-refractivity contribution >= 4 is 0 Å². The number of nitrogens with one attached hydrogen (secondary N) is 1. The highest BCUT2D eigenvalue weighted by molar-refractivity contribution is 4.99. The lowest BCUT2D eigenvalue weighted by Crippen LogP contribution is -2.35. The number of hydrogen-bond donors (Lipinski definition) is 1. The lowest BCUT2D eigenvalue weighted by molar-refractivity contribution is 0.255. The molecule has 1 saturated heterocycles. The predicted molar refractivity (Wildman–Crippen MR) is 86.9 cm³/mol. The Labute approximate surface area is 133 Å². The summed E-state index contributed by atoms with van der Waals surface area (Å²) in [6, 6.07) is 2.32. The maximum Gasteiger partial charge on any atom is 0.134 e. The largest absolute Gasteiger partial charge is 0.315 e. The number of aromatic nitrogens is 3. The third-order valence-electron chi connectivity index (χ3n) is 5.61. The summed E-state index contributed by atoms with van der Waals surface area (Å²) in [7, 11) is 0. The molecule has 22 heavy (non-hydrogen) atoms. The number of aryl methyl sites for hydroxylation is 1. The van der Waals surface area contributed by atoms with Crippen LogP contribution in [0.4, 0.5) is 0 Å². The Hall–Kier alpha value is -0.940. The van der Waals surface area contributed by atoms with Crippen LogP contribution in [0.1, 0.15) is 57.1 Å². The van der Waals surface area contributed by atoms with Crippen LogP contribution in [0.3, 0.4) is 0 Å². The smallest absolute Gasteiger partial charge is 0.134 e. The molecule has 0 bridgehead atoms. The van der Waals surface area contributed by atoms with Crippen LogP contribution in [0.15, 0.2) is 0 Å². The normalized spacial score (nSPS) is 29.5. The Morgan fingerprint density at radius 3 is 2.95 bits per heavy atom. The Morgan fingerprint density at radius 2 is 2.09 bits per heavy atom. The quantitative estimate of drug-likeness (QED) is 0.900. The third-order valence-corrected chi connectivity index (χ3v) is 5.61. The van der Waals surface area contributed by atoms with Gasteiger partial charge in [-0.2, -0.15) is 0 Å². The third kappa shape index (κ3) is 3.06. The standard InChI is InChI=1S/C17H29N5/c1-13-11-14(12-22(13)15-6-7-15)18-9-8-17-20-19-16-5-3-2-4-10-21(16)17/h13-15,18H,2-12H2,1H3/t13-,14+/m0/s1. The molecule has 2 aliphatic heterocycles. The predicted octanol–water partition coefficient (Wildman–Crippen LogP) is 1.76. The van der Waals surface area contributed by atoms with Crippen LogP contribution < -0.4 is 5.32 Å². The summed E-state index contributed by atoms with van der Waals surface area (Å²) >= 11 is 0. The van der Waals surface area contributed by atoms with E-state index in [-0.39, 0.29) is 0 Å². The van der Waals surface area contributed by atoms with Crippen LogP contribution in [0.25, 0.3) is 0 Å². The monoisotopic (exact) mass is 303 g/mol. The number of likely N-dealkylation sites (tertiary alicyclic amines) is 1. The molecule has 0 unspecified atom stereocenters. The highest BCUT2D eigenvalue weighted by Gasteiger charge is 2.38. The van der Waals surface area contributed by atoms with Crippen LogP contribution >= 0.6 is 0 Å². The van der Waals surface area contributed by atoms with Crippen molar-refractivity contribution in [1.82, 2.24) is 25.0 Å². The number of rotatable bonds is 5. The van der Waals surface area contributed by atoms with Gasteiger partial charge in [0.15, 0.2) is 0 Å². The Balaban J connectivity index is 1.28. The van der Waals surface area contributed by atoms with Gasteiger partial charge in [0.1, 0.15) is 11.6 Å². The summed E-state index contributed by atoms with van der Waals surface area (Å²) in [6.45, 7) is 5.78.